The second-order valence-corrected chi connectivity index (χ2v) is 9.03. The molecule has 1 fully saturated rings. The van der Waals surface area contributed by atoms with Gasteiger partial charge in [0.1, 0.15) is 6.04 Å². The summed E-state index contributed by atoms with van der Waals surface area (Å²) < 4.78 is 31.0. The second kappa shape index (κ2) is 9.73. The average molecular weight is 418 g/mol. The molecule has 152 valence electrons. The van der Waals surface area contributed by atoms with Crippen LogP contribution in [-0.2, 0) is 19.6 Å². The number of carbonyl (C=O) groups is 1. The van der Waals surface area contributed by atoms with Crippen molar-refractivity contribution in [3.63, 3.8) is 0 Å². The molecule has 1 aliphatic rings. The minimum absolute atomic E-state index is 0.334. The molecule has 1 aromatic carbocycles. The van der Waals surface area contributed by atoms with Gasteiger partial charge in [-0.15, -0.1) is 0 Å². The first-order valence-electron chi connectivity index (χ1n) is 9.03. The van der Waals surface area contributed by atoms with E-state index in [4.69, 9.17) is 16.3 Å². The predicted molar refractivity (Wildman–Crippen MR) is 108 cm³/mol. The van der Waals surface area contributed by atoms with Gasteiger partial charge in [0.15, 0.2) is 0 Å². The van der Waals surface area contributed by atoms with Crippen molar-refractivity contribution in [3.8, 4) is 0 Å². The van der Waals surface area contributed by atoms with Gasteiger partial charge in [-0.1, -0.05) is 17.7 Å². The number of nitrogens with zero attached hydrogens (tertiary/aromatic N) is 2. The van der Waals surface area contributed by atoms with Gasteiger partial charge in [-0.3, -0.25) is 14.0 Å². The molecule has 9 heteroatoms. The zero-order valence-electron chi connectivity index (χ0n) is 16.1. The number of rotatable bonds is 8. The molecular formula is C18H28ClN3O4S. The maximum absolute atomic E-state index is 12.5. The van der Waals surface area contributed by atoms with Crippen molar-refractivity contribution in [1.82, 2.24) is 10.2 Å². The van der Waals surface area contributed by atoms with Gasteiger partial charge in [0.2, 0.25) is 15.9 Å². The fourth-order valence-electron chi connectivity index (χ4n) is 3.01. The number of anilines is 1. The Morgan fingerprint density at radius 1 is 1.37 bits per heavy atom. The molecule has 27 heavy (non-hydrogen) atoms. The molecule has 7 nitrogen and oxygen atoms in total. The highest BCUT2D eigenvalue weighted by Crippen LogP contribution is 2.26. The van der Waals surface area contributed by atoms with Crippen LogP contribution >= 0.6 is 11.6 Å². The normalized spacial score (nSPS) is 16.7. The summed E-state index contributed by atoms with van der Waals surface area (Å²) in [4.78, 5) is 14.8. The van der Waals surface area contributed by atoms with E-state index in [2.05, 4.69) is 10.2 Å². The van der Waals surface area contributed by atoms with Crippen LogP contribution in [0, 0.1) is 6.92 Å². The summed E-state index contributed by atoms with van der Waals surface area (Å²) in [6.07, 6.45) is 1.89. The lowest BCUT2D eigenvalue weighted by atomic mass is 10.2. The molecule has 0 bridgehead atoms. The lowest BCUT2D eigenvalue weighted by Gasteiger charge is -2.29. The smallest absolute Gasteiger partial charge is 0.243 e. The van der Waals surface area contributed by atoms with Crippen LogP contribution in [0.1, 0.15) is 18.9 Å². The number of nitrogens with one attached hydrogen (secondary N) is 1. The average Bonchev–Trinajstić information content (AvgIpc) is 2.61. The lowest BCUT2D eigenvalue weighted by molar-refractivity contribution is -0.121. The van der Waals surface area contributed by atoms with E-state index in [0.29, 0.717) is 17.3 Å². The fraction of sp³-hybridized carbons (Fsp3) is 0.611. The minimum Gasteiger partial charge on any atom is -0.379 e. The lowest BCUT2D eigenvalue weighted by Crippen LogP contribution is -2.48. The molecule has 1 atom stereocenters. The summed E-state index contributed by atoms with van der Waals surface area (Å²) in [5.41, 5.74) is 1.22. The summed E-state index contributed by atoms with van der Waals surface area (Å²) in [5, 5.41) is 3.29. The molecule has 0 spiro atoms. The number of sulfonamides is 1. The summed E-state index contributed by atoms with van der Waals surface area (Å²) in [6, 6.07) is 4.09. The first kappa shape index (κ1) is 21.9. The van der Waals surface area contributed by atoms with Crippen molar-refractivity contribution in [2.75, 3.05) is 50.0 Å². The van der Waals surface area contributed by atoms with Gasteiger partial charge in [0.25, 0.3) is 0 Å². The first-order chi connectivity index (χ1) is 12.7. The van der Waals surface area contributed by atoms with Crippen molar-refractivity contribution in [3.05, 3.63) is 28.8 Å². The molecular weight excluding hydrogens is 390 g/mol. The molecule has 1 unspecified atom stereocenters. The maximum atomic E-state index is 12.5. The SMILES string of the molecule is Cc1ccc(N(C(C)C(=O)NCCCN2CCOCC2)S(C)(=O)=O)cc1Cl. The Bertz CT molecular complexity index is 751. The van der Waals surface area contributed by atoms with Crippen LogP contribution in [0.2, 0.25) is 5.02 Å². The second-order valence-electron chi connectivity index (χ2n) is 6.77. The van der Waals surface area contributed by atoms with E-state index >= 15 is 0 Å². The van der Waals surface area contributed by atoms with E-state index in [-0.39, 0.29) is 5.91 Å². The van der Waals surface area contributed by atoms with Crippen LogP contribution in [0.5, 0.6) is 0 Å². The molecule has 0 saturated carbocycles. The first-order valence-corrected chi connectivity index (χ1v) is 11.3. The number of hydrogen-bond acceptors (Lipinski definition) is 5. The molecule has 1 saturated heterocycles. The monoisotopic (exact) mass is 417 g/mol. The summed E-state index contributed by atoms with van der Waals surface area (Å²) >= 11 is 6.13. The largest absolute Gasteiger partial charge is 0.379 e. The van der Waals surface area contributed by atoms with Crippen LogP contribution in [0.3, 0.4) is 0 Å². The fourth-order valence-corrected chi connectivity index (χ4v) is 4.36. The zero-order chi connectivity index (χ0) is 20.0. The van der Waals surface area contributed by atoms with Gasteiger partial charge in [0.05, 0.1) is 25.2 Å². The van der Waals surface area contributed by atoms with E-state index in [0.717, 1.165) is 55.4 Å². The Kier molecular flexibility index (Phi) is 7.91. The molecule has 0 radical (unpaired) electrons. The van der Waals surface area contributed by atoms with Crippen LogP contribution in [0.4, 0.5) is 5.69 Å². The Morgan fingerprint density at radius 2 is 2.04 bits per heavy atom. The Morgan fingerprint density at radius 3 is 2.63 bits per heavy atom. The number of hydrogen-bond donors (Lipinski definition) is 1. The third-order valence-electron chi connectivity index (χ3n) is 4.55. The van der Waals surface area contributed by atoms with Gasteiger partial charge in [-0.25, -0.2) is 8.42 Å². The van der Waals surface area contributed by atoms with E-state index in [1.165, 1.54) is 0 Å². The molecule has 2 rings (SSSR count). The van der Waals surface area contributed by atoms with E-state index < -0.39 is 16.1 Å². The predicted octanol–water partition coefficient (Wildman–Crippen LogP) is 1.64. The van der Waals surface area contributed by atoms with Crippen molar-refractivity contribution in [2.24, 2.45) is 0 Å². The van der Waals surface area contributed by atoms with Crippen molar-refractivity contribution < 1.29 is 17.9 Å². The van der Waals surface area contributed by atoms with Gasteiger partial charge in [-0.05, 0) is 44.5 Å². The Labute approximate surface area is 166 Å². The van der Waals surface area contributed by atoms with E-state index in [1.807, 2.05) is 6.92 Å². The number of halogens is 1. The van der Waals surface area contributed by atoms with Gasteiger partial charge >= 0.3 is 0 Å². The molecule has 0 aliphatic carbocycles. The van der Waals surface area contributed by atoms with Crippen molar-refractivity contribution >= 4 is 33.2 Å². The molecule has 1 N–H and O–H groups in total. The number of benzene rings is 1. The Hall–Kier alpha value is -1.35. The third kappa shape index (κ3) is 6.34. The van der Waals surface area contributed by atoms with Gasteiger partial charge in [-0.2, -0.15) is 0 Å². The summed E-state index contributed by atoms with van der Waals surface area (Å²) in [7, 11) is -3.65. The quantitative estimate of drug-likeness (QED) is 0.650. The highest BCUT2D eigenvalue weighted by atomic mass is 35.5. The van der Waals surface area contributed by atoms with Gasteiger partial charge in [0, 0.05) is 24.7 Å². The third-order valence-corrected chi connectivity index (χ3v) is 6.20. The molecule has 1 aliphatic heterocycles. The molecule has 1 amide bonds. The van der Waals surface area contributed by atoms with Crippen LogP contribution in [0.15, 0.2) is 18.2 Å². The number of morpholine rings is 1. The van der Waals surface area contributed by atoms with Crippen LogP contribution in [0.25, 0.3) is 0 Å². The van der Waals surface area contributed by atoms with Crippen molar-refractivity contribution in [1.29, 1.82) is 0 Å². The topological polar surface area (TPSA) is 79.0 Å². The molecule has 1 aromatic rings. The number of ether oxygens (including phenoxy) is 1. The van der Waals surface area contributed by atoms with Gasteiger partial charge < -0.3 is 10.1 Å². The molecule has 1 heterocycles. The highest BCUT2D eigenvalue weighted by molar-refractivity contribution is 7.92. The van der Waals surface area contributed by atoms with Crippen LogP contribution in [-0.4, -0.2) is 70.9 Å². The van der Waals surface area contributed by atoms with Crippen LogP contribution < -0.4 is 9.62 Å². The summed E-state index contributed by atoms with van der Waals surface area (Å²) in [5.74, 6) is -0.334. The highest BCUT2D eigenvalue weighted by Gasteiger charge is 2.29. The summed E-state index contributed by atoms with van der Waals surface area (Å²) in [6.45, 7) is 8.07. The minimum atomic E-state index is -3.65. The number of aryl methyl sites for hydroxylation is 1. The van der Waals surface area contributed by atoms with Crippen molar-refractivity contribution in [2.45, 2.75) is 26.3 Å². The number of amides is 1. The van der Waals surface area contributed by atoms with E-state index in [1.54, 1.807) is 25.1 Å². The Balaban J connectivity index is 1.96. The zero-order valence-corrected chi connectivity index (χ0v) is 17.6. The number of carbonyl (C=O) groups excluding carboxylic acids is 1. The molecule has 0 aromatic heterocycles. The standard InChI is InChI=1S/C18H28ClN3O4S/c1-14-5-6-16(13-17(14)19)22(27(3,24)25)15(2)18(23)20-7-4-8-21-9-11-26-12-10-21/h5-6,13,15H,4,7-12H2,1-3H3,(H,20,23). The van der Waals surface area contributed by atoms with E-state index in [9.17, 15) is 13.2 Å². The maximum Gasteiger partial charge on any atom is 0.243 e.